The zero-order chi connectivity index (χ0) is 23.1. The average Bonchev–Trinajstić information content (AvgIpc) is 3.53. The van der Waals surface area contributed by atoms with Crippen LogP contribution in [0, 0.1) is 5.92 Å². The summed E-state index contributed by atoms with van der Waals surface area (Å²) in [6.45, 7) is 2.68. The molecule has 0 radical (unpaired) electrons. The summed E-state index contributed by atoms with van der Waals surface area (Å²) in [5, 5.41) is 22.1. The van der Waals surface area contributed by atoms with E-state index in [0.29, 0.717) is 6.54 Å². The number of benzene rings is 2. The minimum absolute atomic E-state index is 0.666. The Bertz CT molecular complexity index is 1440. The van der Waals surface area contributed by atoms with E-state index < -0.39 is 0 Å². The third-order valence-corrected chi connectivity index (χ3v) is 6.93. The van der Waals surface area contributed by atoms with Gasteiger partial charge in [0.2, 0.25) is 0 Å². The first kappa shape index (κ1) is 20.9. The number of rotatable bonds is 8. The standard InChI is InChI=1S/C26H30N8/c1-33(2)21-10-22(23-14-28-30-25(23)11-21)26-16-34(32-31-26)15-18-6-7-19-9-20(29-24(19)8-18)13-27-12-17-4-3-5-17/h6-11,14,16-17,27,29H,3-5,12-13,15H2,1-2H3,(H,28,30). The van der Waals surface area contributed by atoms with E-state index in [1.807, 2.05) is 31.2 Å². The molecule has 3 N–H and O–H groups in total. The summed E-state index contributed by atoms with van der Waals surface area (Å²) in [6, 6.07) is 13.0. The lowest BCUT2D eigenvalue weighted by atomic mass is 9.85. The molecule has 1 aliphatic carbocycles. The van der Waals surface area contributed by atoms with Crippen molar-refractivity contribution in [3.05, 3.63) is 60.0 Å². The fourth-order valence-corrected chi connectivity index (χ4v) is 4.73. The van der Waals surface area contributed by atoms with E-state index in [2.05, 4.69) is 72.1 Å². The molecule has 5 aromatic rings. The maximum atomic E-state index is 4.48. The number of hydrogen-bond donors (Lipinski definition) is 3. The summed E-state index contributed by atoms with van der Waals surface area (Å²) in [4.78, 5) is 5.65. The molecule has 8 nitrogen and oxygen atoms in total. The summed E-state index contributed by atoms with van der Waals surface area (Å²) in [5.41, 5.74) is 7.55. The van der Waals surface area contributed by atoms with Crippen molar-refractivity contribution in [3.63, 3.8) is 0 Å². The van der Waals surface area contributed by atoms with Gasteiger partial charge >= 0.3 is 0 Å². The highest BCUT2D eigenvalue weighted by Gasteiger charge is 2.16. The first-order valence-corrected chi connectivity index (χ1v) is 12.0. The van der Waals surface area contributed by atoms with Crippen LogP contribution >= 0.6 is 0 Å². The molecule has 0 amide bonds. The van der Waals surface area contributed by atoms with Gasteiger partial charge in [-0.1, -0.05) is 23.8 Å². The van der Waals surface area contributed by atoms with E-state index in [4.69, 9.17) is 0 Å². The Hall–Kier alpha value is -3.65. The number of nitrogens with one attached hydrogen (secondary N) is 3. The van der Waals surface area contributed by atoms with Gasteiger partial charge in [0.05, 0.1) is 24.5 Å². The number of nitrogens with zero attached hydrogens (tertiary/aromatic N) is 5. The Balaban J connectivity index is 1.20. The molecule has 0 spiro atoms. The van der Waals surface area contributed by atoms with Crippen LogP contribution in [0.3, 0.4) is 0 Å². The lowest BCUT2D eigenvalue weighted by Gasteiger charge is -2.25. The summed E-state index contributed by atoms with van der Waals surface area (Å²) in [7, 11) is 4.07. The molecule has 174 valence electrons. The SMILES string of the molecule is CN(C)c1cc(-c2cn(Cc3ccc4cc(CNCC5CCC5)[nH]c4c3)nn2)c2cn[nH]c2c1. The van der Waals surface area contributed by atoms with Crippen molar-refractivity contribution in [1.82, 2.24) is 35.5 Å². The fourth-order valence-electron chi connectivity index (χ4n) is 4.73. The monoisotopic (exact) mass is 454 g/mol. The van der Waals surface area contributed by atoms with Crippen molar-refractivity contribution in [2.45, 2.75) is 32.4 Å². The van der Waals surface area contributed by atoms with E-state index in [0.717, 1.165) is 52.4 Å². The molecule has 34 heavy (non-hydrogen) atoms. The summed E-state index contributed by atoms with van der Waals surface area (Å²) >= 11 is 0. The van der Waals surface area contributed by atoms with Gasteiger partial charge in [0.25, 0.3) is 0 Å². The van der Waals surface area contributed by atoms with Crippen LogP contribution in [-0.4, -0.2) is 50.8 Å². The van der Waals surface area contributed by atoms with Gasteiger partial charge in [0, 0.05) is 48.5 Å². The normalized spacial score (nSPS) is 14.2. The number of aromatic nitrogens is 6. The van der Waals surface area contributed by atoms with Gasteiger partial charge in [-0.05, 0) is 60.5 Å². The zero-order valence-corrected chi connectivity index (χ0v) is 19.7. The van der Waals surface area contributed by atoms with Crippen molar-refractivity contribution in [1.29, 1.82) is 0 Å². The van der Waals surface area contributed by atoms with Crippen LogP contribution in [0.1, 0.15) is 30.5 Å². The van der Waals surface area contributed by atoms with Crippen LogP contribution in [0.15, 0.2) is 48.8 Å². The van der Waals surface area contributed by atoms with E-state index in [1.54, 1.807) is 0 Å². The first-order valence-electron chi connectivity index (χ1n) is 12.0. The topological polar surface area (TPSA) is 90.4 Å². The quantitative estimate of drug-likeness (QED) is 0.325. The van der Waals surface area contributed by atoms with Gasteiger partial charge in [-0.15, -0.1) is 5.10 Å². The molecule has 0 unspecified atom stereocenters. The molecular formula is C26H30N8. The molecule has 0 bridgehead atoms. The highest BCUT2D eigenvalue weighted by atomic mass is 15.4. The lowest BCUT2D eigenvalue weighted by molar-refractivity contribution is 0.301. The number of aromatic amines is 2. The Kier molecular flexibility index (Phi) is 5.30. The third-order valence-electron chi connectivity index (χ3n) is 6.93. The molecule has 0 saturated heterocycles. The van der Waals surface area contributed by atoms with Gasteiger partial charge in [-0.25, -0.2) is 4.68 Å². The van der Waals surface area contributed by atoms with E-state index in [9.17, 15) is 0 Å². The summed E-state index contributed by atoms with van der Waals surface area (Å²) in [6.07, 6.45) is 8.00. The smallest absolute Gasteiger partial charge is 0.113 e. The van der Waals surface area contributed by atoms with E-state index >= 15 is 0 Å². The number of anilines is 1. The first-order chi connectivity index (χ1) is 16.6. The molecule has 3 heterocycles. The molecule has 1 aliphatic rings. The maximum absolute atomic E-state index is 4.48. The maximum Gasteiger partial charge on any atom is 0.113 e. The third kappa shape index (κ3) is 4.05. The highest BCUT2D eigenvalue weighted by molar-refractivity contribution is 5.96. The van der Waals surface area contributed by atoms with Gasteiger partial charge in [0.15, 0.2) is 0 Å². The molecule has 1 fully saturated rings. The predicted molar refractivity (Wildman–Crippen MR) is 136 cm³/mol. The van der Waals surface area contributed by atoms with Gasteiger partial charge in [-0.3, -0.25) is 5.10 Å². The second-order valence-electron chi connectivity index (χ2n) is 9.66. The lowest BCUT2D eigenvalue weighted by Crippen LogP contribution is -2.26. The molecule has 1 saturated carbocycles. The number of H-pyrrole nitrogens is 2. The van der Waals surface area contributed by atoms with Gasteiger partial charge < -0.3 is 15.2 Å². The van der Waals surface area contributed by atoms with Crippen molar-refractivity contribution in [2.75, 3.05) is 25.5 Å². The molecular weight excluding hydrogens is 424 g/mol. The molecule has 0 atom stereocenters. The van der Waals surface area contributed by atoms with Crippen molar-refractivity contribution in [2.24, 2.45) is 5.92 Å². The van der Waals surface area contributed by atoms with Crippen molar-refractivity contribution in [3.8, 4) is 11.3 Å². The average molecular weight is 455 g/mol. The Morgan fingerprint density at radius 2 is 2.03 bits per heavy atom. The van der Waals surface area contributed by atoms with Crippen LogP contribution in [0.2, 0.25) is 0 Å². The Morgan fingerprint density at radius 3 is 2.85 bits per heavy atom. The van der Waals surface area contributed by atoms with Crippen molar-refractivity contribution < 1.29 is 0 Å². The van der Waals surface area contributed by atoms with Gasteiger partial charge in [0.1, 0.15) is 5.69 Å². The molecule has 8 heteroatoms. The van der Waals surface area contributed by atoms with Gasteiger partial charge in [-0.2, -0.15) is 5.10 Å². The van der Waals surface area contributed by atoms with Crippen LogP contribution in [0.5, 0.6) is 0 Å². The second kappa shape index (κ2) is 8.61. The minimum atomic E-state index is 0.666. The second-order valence-corrected chi connectivity index (χ2v) is 9.66. The molecule has 6 rings (SSSR count). The summed E-state index contributed by atoms with van der Waals surface area (Å²) < 4.78 is 1.90. The van der Waals surface area contributed by atoms with E-state index in [1.165, 1.54) is 35.9 Å². The van der Waals surface area contributed by atoms with Crippen LogP contribution in [0.25, 0.3) is 33.1 Å². The fraction of sp³-hybridized carbons (Fsp3) is 0.346. The Labute approximate surface area is 198 Å². The summed E-state index contributed by atoms with van der Waals surface area (Å²) in [5.74, 6) is 0.874. The van der Waals surface area contributed by atoms with Crippen LogP contribution in [-0.2, 0) is 13.1 Å². The molecule has 2 aromatic carbocycles. The van der Waals surface area contributed by atoms with Crippen LogP contribution < -0.4 is 10.2 Å². The Morgan fingerprint density at radius 1 is 1.12 bits per heavy atom. The highest BCUT2D eigenvalue weighted by Crippen LogP contribution is 2.31. The van der Waals surface area contributed by atoms with Crippen molar-refractivity contribution >= 4 is 27.5 Å². The number of hydrogen-bond acceptors (Lipinski definition) is 5. The number of fused-ring (bicyclic) bond motifs is 2. The molecule has 0 aliphatic heterocycles. The largest absolute Gasteiger partial charge is 0.378 e. The zero-order valence-electron chi connectivity index (χ0n) is 19.7. The minimum Gasteiger partial charge on any atom is -0.378 e. The van der Waals surface area contributed by atoms with E-state index in [-0.39, 0.29) is 0 Å². The molecule has 3 aromatic heterocycles. The van der Waals surface area contributed by atoms with Crippen LogP contribution in [0.4, 0.5) is 5.69 Å². The predicted octanol–water partition coefficient (Wildman–Crippen LogP) is 4.31.